The van der Waals surface area contributed by atoms with Gasteiger partial charge in [0, 0.05) is 0 Å². The fourth-order valence-electron chi connectivity index (χ4n) is 2.25. The second-order valence-electron chi connectivity index (χ2n) is 4.54. The Morgan fingerprint density at radius 3 is 2.72 bits per heavy atom. The molecule has 2 heterocycles. The maximum absolute atomic E-state index is 11.9. The number of hydrogen-bond donors (Lipinski definition) is 0. The number of nitrogens with zero attached hydrogens (tertiary/aromatic N) is 1. The molecule has 2 atom stereocenters. The summed E-state index contributed by atoms with van der Waals surface area (Å²) in [5.74, 6) is 0. The first-order valence-electron chi connectivity index (χ1n) is 6.18. The van der Waals surface area contributed by atoms with Crippen LogP contribution in [0.25, 0.3) is 0 Å². The first kappa shape index (κ1) is 11.3. The lowest BCUT2D eigenvalue weighted by molar-refractivity contribution is -0.209. The highest BCUT2D eigenvalue weighted by Gasteiger charge is 2.35. The number of fused-ring (bicyclic) bond motifs is 2. The molecule has 4 rings (SSSR count). The Morgan fingerprint density at radius 1 is 1.28 bits per heavy atom. The lowest BCUT2D eigenvalue weighted by Gasteiger charge is -2.39. The van der Waals surface area contributed by atoms with Gasteiger partial charge in [-0.25, -0.2) is 4.79 Å². The second-order valence-corrected chi connectivity index (χ2v) is 4.54. The molecule has 4 heteroatoms. The smallest absolute Gasteiger partial charge is 0.434 e. The summed E-state index contributed by atoms with van der Waals surface area (Å²) in [7, 11) is 0. The van der Waals surface area contributed by atoms with E-state index in [0.717, 1.165) is 18.4 Å². The molecule has 1 aromatic carbocycles. The minimum atomic E-state index is -0.405. The molecule has 1 amide bonds. The summed E-state index contributed by atoms with van der Waals surface area (Å²) in [5.41, 5.74) is 0.976. The number of hydroxylamine groups is 2. The number of ether oxygens (including phenoxy) is 1. The summed E-state index contributed by atoms with van der Waals surface area (Å²) in [6.07, 6.45) is 5.57. The molecule has 2 bridgehead atoms. The van der Waals surface area contributed by atoms with Gasteiger partial charge in [-0.15, -0.1) is 0 Å². The van der Waals surface area contributed by atoms with E-state index in [1.165, 1.54) is 5.06 Å². The zero-order chi connectivity index (χ0) is 12.4. The summed E-state index contributed by atoms with van der Waals surface area (Å²) >= 11 is 0. The van der Waals surface area contributed by atoms with E-state index in [0.29, 0.717) is 0 Å². The van der Waals surface area contributed by atoms with E-state index in [4.69, 9.17) is 9.57 Å². The van der Waals surface area contributed by atoms with Gasteiger partial charge in [-0.1, -0.05) is 42.5 Å². The fourth-order valence-corrected chi connectivity index (χ4v) is 2.25. The predicted molar refractivity (Wildman–Crippen MR) is 65.5 cm³/mol. The molecular weight excluding hydrogens is 230 g/mol. The maximum Gasteiger partial charge on any atom is 0.434 e. The van der Waals surface area contributed by atoms with Gasteiger partial charge in [0.05, 0.1) is 6.04 Å². The molecule has 2 aliphatic heterocycles. The van der Waals surface area contributed by atoms with E-state index in [-0.39, 0.29) is 18.8 Å². The van der Waals surface area contributed by atoms with Gasteiger partial charge in [0.15, 0.2) is 0 Å². The Morgan fingerprint density at radius 2 is 2.11 bits per heavy atom. The van der Waals surface area contributed by atoms with Crippen molar-refractivity contribution in [3.05, 3.63) is 48.0 Å². The Labute approximate surface area is 106 Å². The molecule has 3 aliphatic rings. The van der Waals surface area contributed by atoms with Crippen molar-refractivity contribution in [2.45, 2.75) is 31.6 Å². The lowest BCUT2D eigenvalue weighted by atomic mass is 9.99. The third-order valence-corrected chi connectivity index (χ3v) is 3.23. The van der Waals surface area contributed by atoms with E-state index in [2.05, 4.69) is 0 Å². The highest BCUT2D eigenvalue weighted by molar-refractivity contribution is 5.67. The van der Waals surface area contributed by atoms with Gasteiger partial charge in [-0.3, -0.25) is 4.84 Å². The van der Waals surface area contributed by atoms with Crippen LogP contribution in [0, 0.1) is 0 Å². The number of rotatable bonds is 2. The average molecular weight is 245 g/mol. The van der Waals surface area contributed by atoms with Crippen LogP contribution in [0.4, 0.5) is 4.79 Å². The van der Waals surface area contributed by atoms with Gasteiger partial charge in [0.25, 0.3) is 0 Å². The van der Waals surface area contributed by atoms with Crippen molar-refractivity contribution in [3.8, 4) is 0 Å². The summed E-state index contributed by atoms with van der Waals surface area (Å²) in [6, 6.07) is 9.66. The SMILES string of the molecule is O=C(OCc1ccccc1)N1O[C@@H]2C=C[C@H]1CC2. The number of hydrogen-bond acceptors (Lipinski definition) is 3. The molecule has 0 aromatic heterocycles. The monoisotopic (exact) mass is 245 g/mol. The summed E-state index contributed by atoms with van der Waals surface area (Å²) in [4.78, 5) is 17.4. The Balaban J connectivity index is 1.58. The Bertz CT molecular complexity index is 457. The van der Waals surface area contributed by atoms with Crippen LogP contribution >= 0.6 is 0 Å². The molecule has 94 valence electrons. The second kappa shape index (κ2) is 4.82. The van der Waals surface area contributed by atoms with Crippen LogP contribution in [0.3, 0.4) is 0 Å². The standard InChI is InChI=1S/C14H15NO3/c16-14(17-10-11-4-2-1-3-5-11)15-12-6-8-13(18-15)9-7-12/h1-6,8,12-13H,7,9-10H2/t12-,13+/m0/s1. The topological polar surface area (TPSA) is 38.8 Å². The Hall–Kier alpha value is -1.81. The quantitative estimate of drug-likeness (QED) is 0.752. The molecule has 1 saturated heterocycles. The zero-order valence-electron chi connectivity index (χ0n) is 9.99. The largest absolute Gasteiger partial charge is 0.443 e. The van der Waals surface area contributed by atoms with Gasteiger partial charge in [-0.2, -0.15) is 5.06 Å². The molecule has 0 radical (unpaired) electrons. The first-order chi connectivity index (χ1) is 8.83. The van der Waals surface area contributed by atoms with Crippen molar-refractivity contribution < 1.29 is 14.4 Å². The summed E-state index contributed by atoms with van der Waals surface area (Å²) < 4.78 is 5.25. The van der Waals surface area contributed by atoms with Crippen molar-refractivity contribution >= 4 is 6.09 Å². The molecule has 0 N–H and O–H groups in total. The number of carbonyl (C=O) groups excluding carboxylic acids is 1. The molecule has 1 aromatic rings. The fraction of sp³-hybridized carbons (Fsp3) is 0.357. The normalized spacial score (nSPS) is 25.2. The zero-order valence-corrected chi connectivity index (χ0v) is 9.99. The molecular formula is C14H15NO3. The molecule has 1 aliphatic carbocycles. The van der Waals surface area contributed by atoms with Crippen LogP contribution in [0.1, 0.15) is 18.4 Å². The van der Waals surface area contributed by atoms with Crippen molar-refractivity contribution in [2.24, 2.45) is 0 Å². The average Bonchev–Trinajstić information content (AvgIpc) is 2.47. The molecule has 0 saturated carbocycles. The van der Waals surface area contributed by atoms with Gasteiger partial charge in [0.2, 0.25) is 0 Å². The highest BCUT2D eigenvalue weighted by atomic mass is 16.7. The van der Waals surface area contributed by atoms with E-state index >= 15 is 0 Å². The number of carbonyl (C=O) groups is 1. The third-order valence-electron chi connectivity index (χ3n) is 3.23. The van der Waals surface area contributed by atoms with Crippen molar-refractivity contribution in [3.63, 3.8) is 0 Å². The van der Waals surface area contributed by atoms with Crippen LogP contribution in [-0.2, 0) is 16.2 Å². The van der Waals surface area contributed by atoms with Crippen LogP contribution in [-0.4, -0.2) is 23.3 Å². The Kier molecular flexibility index (Phi) is 3.02. The van der Waals surface area contributed by atoms with Gasteiger partial charge >= 0.3 is 6.09 Å². The third kappa shape index (κ3) is 2.24. The van der Waals surface area contributed by atoms with Crippen LogP contribution in [0.2, 0.25) is 0 Å². The molecule has 1 fully saturated rings. The van der Waals surface area contributed by atoms with Crippen LogP contribution in [0.15, 0.2) is 42.5 Å². The maximum atomic E-state index is 11.9. The van der Waals surface area contributed by atoms with Crippen LogP contribution in [0.5, 0.6) is 0 Å². The van der Waals surface area contributed by atoms with Gasteiger partial charge < -0.3 is 4.74 Å². The molecule has 0 spiro atoms. The van der Waals surface area contributed by atoms with E-state index in [1.54, 1.807) is 0 Å². The van der Waals surface area contributed by atoms with E-state index in [1.807, 2.05) is 42.5 Å². The lowest BCUT2D eigenvalue weighted by Crippen LogP contribution is -2.48. The first-order valence-corrected chi connectivity index (χ1v) is 6.18. The van der Waals surface area contributed by atoms with Crippen molar-refractivity contribution in [2.75, 3.05) is 0 Å². The number of amides is 1. The van der Waals surface area contributed by atoms with Gasteiger partial charge in [-0.05, 0) is 18.4 Å². The molecule has 18 heavy (non-hydrogen) atoms. The predicted octanol–water partition coefficient (Wildman–Crippen LogP) is 2.66. The van der Waals surface area contributed by atoms with E-state index < -0.39 is 6.09 Å². The highest BCUT2D eigenvalue weighted by Crippen LogP contribution is 2.27. The van der Waals surface area contributed by atoms with Crippen molar-refractivity contribution in [1.82, 2.24) is 5.06 Å². The summed E-state index contributed by atoms with van der Waals surface area (Å²) in [6.45, 7) is 0.278. The summed E-state index contributed by atoms with van der Waals surface area (Å²) in [5, 5.41) is 1.36. The molecule has 0 unspecified atom stereocenters. The molecule has 4 nitrogen and oxygen atoms in total. The van der Waals surface area contributed by atoms with Crippen molar-refractivity contribution in [1.29, 1.82) is 0 Å². The number of benzene rings is 1. The minimum absolute atomic E-state index is 0.0262. The van der Waals surface area contributed by atoms with Crippen LogP contribution < -0.4 is 0 Å². The van der Waals surface area contributed by atoms with E-state index in [9.17, 15) is 4.79 Å². The van der Waals surface area contributed by atoms with Gasteiger partial charge in [0.1, 0.15) is 12.7 Å². The minimum Gasteiger partial charge on any atom is -0.443 e.